The lowest BCUT2D eigenvalue weighted by Gasteiger charge is -2.05. The van der Waals surface area contributed by atoms with Crippen LogP contribution in [0.25, 0.3) is 0 Å². The van der Waals surface area contributed by atoms with E-state index >= 15 is 0 Å². The van der Waals surface area contributed by atoms with Crippen molar-refractivity contribution in [2.75, 3.05) is 0 Å². The zero-order valence-corrected chi connectivity index (χ0v) is 8.76. The van der Waals surface area contributed by atoms with Crippen LogP contribution in [-0.4, -0.2) is 6.04 Å². The van der Waals surface area contributed by atoms with Crippen LogP contribution in [-0.2, 0) is 0 Å². The molecule has 0 aromatic heterocycles. The first-order valence-electron chi connectivity index (χ1n) is 4.80. The Morgan fingerprint density at radius 1 is 1.57 bits per heavy atom. The van der Waals surface area contributed by atoms with Gasteiger partial charge in [0.15, 0.2) is 0 Å². The third-order valence-electron chi connectivity index (χ3n) is 2.88. The van der Waals surface area contributed by atoms with E-state index in [-0.39, 0.29) is 11.9 Å². The Morgan fingerprint density at radius 2 is 2.29 bits per heavy atom. The minimum atomic E-state index is -0.203. The van der Waals surface area contributed by atoms with E-state index in [0.29, 0.717) is 16.9 Å². The first-order valence-corrected chi connectivity index (χ1v) is 5.18. The molecule has 76 valence electrons. The van der Waals surface area contributed by atoms with E-state index in [0.717, 1.165) is 12.0 Å². The molecule has 1 aromatic rings. The molecule has 1 fully saturated rings. The molecular formula is C11H13ClFN. The predicted octanol–water partition coefficient (Wildman–Crippen LogP) is 2.93. The van der Waals surface area contributed by atoms with E-state index in [1.54, 1.807) is 12.1 Å². The highest BCUT2D eigenvalue weighted by Crippen LogP contribution is 2.49. The van der Waals surface area contributed by atoms with Gasteiger partial charge in [-0.25, -0.2) is 4.39 Å². The van der Waals surface area contributed by atoms with E-state index in [4.69, 9.17) is 17.3 Å². The van der Waals surface area contributed by atoms with Crippen LogP contribution in [0.1, 0.15) is 24.8 Å². The molecule has 2 rings (SSSR count). The summed E-state index contributed by atoms with van der Waals surface area (Å²) >= 11 is 5.68. The van der Waals surface area contributed by atoms with Gasteiger partial charge in [-0.1, -0.05) is 17.7 Å². The van der Waals surface area contributed by atoms with Crippen LogP contribution in [0.5, 0.6) is 0 Å². The molecule has 0 amide bonds. The molecule has 2 N–H and O–H groups in total. The molecule has 0 spiro atoms. The van der Waals surface area contributed by atoms with Crippen LogP contribution in [0, 0.1) is 11.7 Å². The molecule has 1 aliphatic rings. The van der Waals surface area contributed by atoms with Crippen LogP contribution < -0.4 is 5.73 Å². The van der Waals surface area contributed by atoms with Crippen molar-refractivity contribution in [3.05, 3.63) is 34.6 Å². The summed E-state index contributed by atoms with van der Waals surface area (Å²) in [5.74, 6) is 0.531. The maximum Gasteiger partial charge on any atom is 0.128 e. The molecular weight excluding hydrogens is 201 g/mol. The predicted molar refractivity (Wildman–Crippen MR) is 55.9 cm³/mol. The molecule has 14 heavy (non-hydrogen) atoms. The standard InChI is InChI=1S/C11H13ClFN/c1-6(14)9-5-10(9)8-3-2-7(12)4-11(8)13/h2-4,6,9-10H,5,14H2,1H3. The van der Waals surface area contributed by atoms with E-state index < -0.39 is 0 Å². The number of nitrogens with two attached hydrogens (primary N) is 1. The molecule has 1 aliphatic carbocycles. The lowest BCUT2D eigenvalue weighted by molar-refractivity contribution is 0.589. The topological polar surface area (TPSA) is 26.0 Å². The van der Waals surface area contributed by atoms with Gasteiger partial charge in [0.05, 0.1) is 0 Å². The average molecular weight is 214 g/mol. The average Bonchev–Trinajstić information content (AvgIpc) is 2.83. The van der Waals surface area contributed by atoms with Gasteiger partial charge < -0.3 is 5.73 Å². The van der Waals surface area contributed by atoms with E-state index in [1.165, 1.54) is 6.07 Å². The summed E-state index contributed by atoms with van der Waals surface area (Å²) in [6, 6.07) is 5.02. The van der Waals surface area contributed by atoms with Crippen molar-refractivity contribution in [3.8, 4) is 0 Å². The van der Waals surface area contributed by atoms with Crippen LogP contribution in [0.15, 0.2) is 18.2 Å². The van der Waals surface area contributed by atoms with Gasteiger partial charge in [0, 0.05) is 11.1 Å². The number of benzene rings is 1. The largest absolute Gasteiger partial charge is 0.328 e. The second kappa shape index (κ2) is 3.52. The Balaban J connectivity index is 2.19. The Bertz CT molecular complexity index is 351. The number of hydrogen-bond donors (Lipinski definition) is 1. The zero-order chi connectivity index (χ0) is 10.3. The summed E-state index contributed by atoms with van der Waals surface area (Å²) in [6.45, 7) is 1.97. The first-order chi connectivity index (χ1) is 6.59. The van der Waals surface area contributed by atoms with Crippen molar-refractivity contribution in [2.24, 2.45) is 11.7 Å². The molecule has 0 radical (unpaired) electrons. The molecule has 3 atom stereocenters. The number of hydrogen-bond acceptors (Lipinski definition) is 1. The summed E-state index contributed by atoms with van der Waals surface area (Å²) in [5, 5.41) is 0.448. The van der Waals surface area contributed by atoms with Gasteiger partial charge in [-0.05, 0) is 42.9 Å². The highest BCUT2D eigenvalue weighted by Gasteiger charge is 2.41. The molecule has 1 aromatic carbocycles. The summed E-state index contributed by atoms with van der Waals surface area (Å²) in [5.41, 5.74) is 6.52. The van der Waals surface area contributed by atoms with Gasteiger partial charge in [0.1, 0.15) is 5.82 Å². The van der Waals surface area contributed by atoms with Crippen LogP contribution in [0.3, 0.4) is 0 Å². The molecule has 0 saturated heterocycles. The fourth-order valence-corrected chi connectivity index (χ4v) is 2.11. The summed E-state index contributed by atoms with van der Waals surface area (Å²) in [7, 11) is 0. The second-order valence-electron chi connectivity index (χ2n) is 4.03. The third-order valence-corrected chi connectivity index (χ3v) is 3.11. The van der Waals surface area contributed by atoms with Gasteiger partial charge in [0.25, 0.3) is 0 Å². The monoisotopic (exact) mass is 213 g/mol. The Hall–Kier alpha value is -0.600. The molecule has 0 aliphatic heterocycles. The smallest absolute Gasteiger partial charge is 0.128 e. The van der Waals surface area contributed by atoms with Crippen molar-refractivity contribution in [1.29, 1.82) is 0 Å². The Labute approximate surface area is 88.1 Å². The van der Waals surface area contributed by atoms with E-state index in [9.17, 15) is 4.39 Å². The first kappa shape index (κ1) is 9.94. The van der Waals surface area contributed by atoms with Gasteiger partial charge in [-0.15, -0.1) is 0 Å². The third kappa shape index (κ3) is 1.77. The normalized spacial score (nSPS) is 27.4. The number of rotatable bonds is 2. The minimum Gasteiger partial charge on any atom is -0.328 e. The highest BCUT2D eigenvalue weighted by atomic mass is 35.5. The molecule has 1 nitrogen and oxygen atoms in total. The molecule has 0 bridgehead atoms. The fraction of sp³-hybridized carbons (Fsp3) is 0.455. The Kier molecular flexibility index (Phi) is 2.50. The minimum absolute atomic E-state index is 0.148. The lowest BCUT2D eigenvalue weighted by atomic mass is 10.1. The van der Waals surface area contributed by atoms with Crippen LogP contribution >= 0.6 is 11.6 Å². The van der Waals surface area contributed by atoms with E-state index in [2.05, 4.69) is 0 Å². The van der Waals surface area contributed by atoms with Gasteiger partial charge in [-0.2, -0.15) is 0 Å². The van der Waals surface area contributed by atoms with Crippen molar-refractivity contribution in [1.82, 2.24) is 0 Å². The van der Waals surface area contributed by atoms with E-state index in [1.807, 2.05) is 6.92 Å². The van der Waals surface area contributed by atoms with Crippen LogP contribution in [0.4, 0.5) is 4.39 Å². The summed E-state index contributed by atoms with van der Waals surface area (Å²) in [4.78, 5) is 0. The van der Waals surface area contributed by atoms with Gasteiger partial charge >= 0.3 is 0 Å². The van der Waals surface area contributed by atoms with Gasteiger partial charge in [-0.3, -0.25) is 0 Å². The second-order valence-corrected chi connectivity index (χ2v) is 4.47. The molecule has 3 unspecified atom stereocenters. The highest BCUT2D eigenvalue weighted by molar-refractivity contribution is 6.30. The molecule has 1 saturated carbocycles. The van der Waals surface area contributed by atoms with Crippen molar-refractivity contribution >= 4 is 11.6 Å². The van der Waals surface area contributed by atoms with Crippen molar-refractivity contribution in [2.45, 2.75) is 25.3 Å². The van der Waals surface area contributed by atoms with Crippen molar-refractivity contribution in [3.63, 3.8) is 0 Å². The maximum atomic E-state index is 13.5. The van der Waals surface area contributed by atoms with Crippen LogP contribution in [0.2, 0.25) is 5.02 Å². The summed E-state index contributed by atoms with van der Waals surface area (Å²) in [6.07, 6.45) is 0.996. The zero-order valence-electron chi connectivity index (χ0n) is 8.00. The van der Waals surface area contributed by atoms with Gasteiger partial charge in [0.2, 0.25) is 0 Å². The number of halogens is 2. The molecule has 0 heterocycles. The SMILES string of the molecule is CC(N)C1CC1c1ccc(Cl)cc1F. The lowest BCUT2D eigenvalue weighted by Crippen LogP contribution is -2.18. The summed E-state index contributed by atoms with van der Waals surface area (Å²) < 4.78 is 13.5. The molecule has 3 heteroatoms. The van der Waals surface area contributed by atoms with Crippen molar-refractivity contribution < 1.29 is 4.39 Å². The maximum absolute atomic E-state index is 13.5. The Morgan fingerprint density at radius 3 is 2.79 bits per heavy atom. The fourth-order valence-electron chi connectivity index (χ4n) is 1.96. The quantitative estimate of drug-likeness (QED) is 0.803.